The Kier molecular flexibility index (Phi) is 4.80. The molecule has 0 fully saturated rings. The number of ether oxygens (including phenoxy) is 1. The second-order valence-electron chi connectivity index (χ2n) is 4.80. The molecule has 0 unspecified atom stereocenters. The number of nitrogens with zero attached hydrogens (tertiary/aromatic N) is 1. The summed E-state index contributed by atoms with van der Waals surface area (Å²) in [6.45, 7) is 4.85. The van der Waals surface area contributed by atoms with Crippen molar-refractivity contribution in [2.24, 2.45) is 0 Å². The Morgan fingerprint density at radius 3 is 2.53 bits per heavy atom. The third-order valence-electron chi connectivity index (χ3n) is 3.06. The standard InChI is InChI=1S/C13H20ClNO2/c1-13(2,9-16)15(3)8-10-5-6-12(17-4)11(14)7-10/h5-7,16H,8-9H2,1-4H3. The van der Waals surface area contributed by atoms with E-state index >= 15 is 0 Å². The van der Waals surface area contributed by atoms with E-state index in [1.165, 1.54) is 0 Å². The molecule has 1 rings (SSSR count). The Bertz CT molecular complexity index is 380. The smallest absolute Gasteiger partial charge is 0.137 e. The van der Waals surface area contributed by atoms with Crippen molar-refractivity contribution in [3.8, 4) is 5.75 Å². The lowest BCUT2D eigenvalue weighted by molar-refractivity contribution is 0.0734. The normalized spacial score (nSPS) is 11.9. The molecule has 17 heavy (non-hydrogen) atoms. The molecule has 3 nitrogen and oxygen atoms in total. The second kappa shape index (κ2) is 5.71. The number of aliphatic hydroxyl groups is 1. The van der Waals surface area contributed by atoms with Crippen molar-refractivity contribution in [2.45, 2.75) is 25.9 Å². The quantitative estimate of drug-likeness (QED) is 0.880. The molecule has 1 N–H and O–H groups in total. The average Bonchev–Trinajstić information content (AvgIpc) is 2.29. The van der Waals surface area contributed by atoms with E-state index in [1.54, 1.807) is 7.11 Å². The molecule has 0 saturated carbocycles. The summed E-state index contributed by atoms with van der Waals surface area (Å²) in [7, 11) is 3.58. The first-order valence-electron chi connectivity index (χ1n) is 5.55. The largest absolute Gasteiger partial charge is 0.495 e. The lowest BCUT2D eigenvalue weighted by atomic mass is 10.0. The van der Waals surface area contributed by atoms with Crippen LogP contribution in [0.15, 0.2) is 18.2 Å². The van der Waals surface area contributed by atoms with Crippen LogP contribution < -0.4 is 4.74 Å². The Morgan fingerprint density at radius 1 is 1.41 bits per heavy atom. The Labute approximate surface area is 108 Å². The van der Waals surface area contributed by atoms with Crippen LogP contribution in [0, 0.1) is 0 Å². The van der Waals surface area contributed by atoms with Crippen LogP contribution in [-0.2, 0) is 6.54 Å². The van der Waals surface area contributed by atoms with E-state index < -0.39 is 0 Å². The van der Waals surface area contributed by atoms with Crippen molar-refractivity contribution >= 4 is 11.6 Å². The molecule has 0 bridgehead atoms. The molecule has 0 aromatic heterocycles. The van der Waals surface area contributed by atoms with Crippen LogP contribution >= 0.6 is 11.6 Å². The summed E-state index contributed by atoms with van der Waals surface area (Å²) < 4.78 is 5.11. The summed E-state index contributed by atoms with van der Waals surface area (Å²) in [5.74, 6) is 0.680. The molecule has 0 aliphatic carbocycles. The van der Waals surface area contributed by atoms with Gasteiger partial charge in [0.1, 0.15) is 5.75 Å². The van der Waals surface area contributed by atoms with Crippen molar-refractivity contribution in [1.82, 2.24) is 4.90 Å². The minimum absolute atomic E-state index is 0.118. The molecule has 0 saturated heterocycles. The average molecular weight is 258 g/mol. The summed E-state index contributed by atoms with van der Waals surface area (Å²) in [5.41, 5.74) is 0.853. The van der Waals surface area contributed by atoms with E-state index in [-0.39, 0.29) is 12.1 Å². The summed E-state index contributed by atoms with van der Waals surface area (Å²) in [6.07, 6.45) is 0. The molecular weight excluding hydrogens is 238 g/mol. The third kappa shape index (κ3) is 3.60. The van der Waals surface area contributed by atoms with Gasteiger partial charge in [0.25, 0.3) is 0 Å². The van der Waals surface area contributed by atoms with Crippen LogP contribution in [0.2, 0.25) is 5.02 Å². The number of methoxy groups -OCH3 is 1. The zero-order valence-electron chi connectivity index (χ0n) is 10.8. The monoisotopic (exact) mass is 257 g/mol. The van der Waals surface area contributed by atoms with Crippen molar-refractivity contribution in [3.05, 3.63) is 28.8 Å². The van der Waals surface area contributed by atoms with Crippen LogP contribution in [-0.4, -0.2) is 36.3 Å². The van der Waals surface area contributed by atoms with Crippen molar-refractivity contribution < 1.29 is 9.84 Å². The first-order valence-corrected chi connectivity index (χ1v) is 5.93. The van der Waals surface area contributed by atoms with Gasteiger partial charge < -0.3 is 9.84 Å². The van der Waals surface area contributed by atoms with E-state index in [1.807, 2.05) is 39.1 Å². The second-order valence-corrected chi connectivity index (χ2v) is 5.20. The fourth-order valence-corrected chi connectivity index (χ4v) is 1.70. The summed E-state index contributed by atoms with van der Waals surface area (Å²) in [4.78, 5) is 2.09. The van der Waals surface area contributed by atoms with Crippen LogP contribution in [0.1, 0.15) is 19.4 Å². The molecule has 0 heterocycles. The van der Waals surface area contributed by atoms with E-state index in [4.69, 9.17) is 16.3 Å². The van der Waals surface area contributed by atoms with Gasteiger partial charge in [-0.3, -0.25) is 4.90 Å². The van der Waals surface area contributed by atoms with Gasteiger partial charge in [0.2, 0.25) is 0 Å². The molecule has 96 valence electrons. The summed E-state index contributed by atoms with van der Waals surface area (Å²) in [5, 5.41) is 9.90. The van der Waals surface area contributed by atoms with Gasteiger partial charge in [-0.15, -0.1) is 0 Å². The van der Waals surface area contributed by atoms with Gasteiger partial charge in [0.05, 0.1) is 18.7 Å². The van der Waals surface area contributed by atoms with Gasteiger partial charge in [-0.25, -0.2) is 0 Å². The predicted octanol–water partition coefficient (Wildman–Crippen LogP) is 2.55. The van der Waals surface area contributed by atoms with E-state index in [2.05, 4.69) is 4.90 Å². The molecule has 4 heteroatoms. The van der Waals surface area contributed by atoms with E-state index in [0.717, 1.165) is 12.1 Å². The highest BCUT2D eigenvalue weighted by molar-refractivity contribution is 6.32. The molecular formula is C13H20ClNO2. The van der Waals surface area contributed by atoms with Crippen LogP contribution in [0.25, 0.3) is 0 Å². The minimum Gasteiger partial charge on any atom is -0.495 e. The number of likely N-dealkylation sites (N-methyl/N-ethyl adjacent to an activating group) is 1. The topological polar surface area (TPSA) is 32.7 Å². The molecule has 0 radical (unpaired) electrons. The van der Waals surface area contributed by atoms with E-state index in [9.17, 15) is 5.11 Å². The molecule has 1 aromatic carbocycles. The van der Waals surface area contributed by atoms with Gasteiger partial charge in [-0.05, 0) is 38.6 Å². The Balaban J connectivity index is 2.79. The van der Waals surface area contributed by atoms with Gasteiger partial charge in [-0.1, -0.05) is 17.7 Å². The number of hydrogen-bond donors (Lipinski definition) is 1. The van der Waals surface area contributed by atoms with Crippen LogP contribution in [0.5, 0.6) is 5.75 Å². The highest BCUT2D eigenvalue weighted by atomic mass is 35.5. The highest BCUT2D eigenvalue weighted by Crippen LogP contribution is 2.26. The lowest BCUT2D eigenvalue weighted by Gasteiger charge is -2.33. The van der Waals surface area contributed by atoms with Gasteiger partial charge >= 0.3 is 0 Å². The molecule has 0 amide bonds. The minimum atomic E-state index is -0.244. The highest BCUT2D eigenvalue weighted by Gasteiger charge is 2.22. The number of rotatable bonds is 5. The van der Waals surface area contributed by atoms with Crippen molar-refractivity contribution in [2.75, 3.05) is 20.8 Å². The van der Waals surface area contributed by atoms with Crippen LogP contribution in [0.3, 0.4) is 0 Å². The van der Waals surface area contributed by atoms with Crippen molar-refractivity contribution in [3.63, 3.8) is 0 Å². The predicted molar refractivity (Wildman–Crippen MR) is 70.6 cm³/mol. The van der Waals surface area contributed by atoms with Crippen LogP contribution in [0.4, 0.5) is 0 Å². The maximum absolute atomic E-state index is 9.29. The van der Waals surface area contributed by atoms with Gasteiger partial charge in [0, 0.05) is 12.1 Å². The number of hydrogen-bond acceptors (Lipinski definition) is 3. The number of aliphatic hydroxyl groups excluding tert-OH is 1. The van der Waals surface area contributed by atoms with E-state index in [0.29, 0.717) is 10.8 Å². The van der Waals surface area contributed by atoms with Gasteiger partial charge in [-0.2, -0.15) is 0 Å². The van der Waals surface area contributed by atoms with Crippen molar-refractivity contribution in [1.29, 1.82) is 0 Å². The lowest BCUT2D eigenvalue weighted by Crippen LogP contribution is -2.43. The summed E-state index contributed by atoms with van der Waals surface area (Å²) in [6, 6.07) is 5.73. The zero-order valence-corrected chi connectivity index (χ0v) is 11.6. The molecule has 1 aromatic rings. The molecule has 0 aliphatic heterocycles. The Hall–Kier alpha value is -0.770. The zero-order chi connectivity index (χ0) is 13.1. The first-order chi connectivity index (χ1) is 7.90. The maximum Gasteiger partial charge on any atom is 0.137 e. The molecule has 0 aliphatic rings. The Morgan fingerprint density at radius 2 is 2.06 bits per heavy atom. The molecule has 0 atom stereocenters. The summed E-state index contributed by atoms with van der Waals surface area (Å²) >= 11 is 6.07. The fraction of sp³-hybridized carbons (Fsp3) is 0.538. The number of halogens is 1. The molecule has 0 spiro atoms. The van der Waals surface area contributed by atoms with Gasteiger partial charge in [0.15, 0.2) is 0 Å². The first kappa shape index (κ1) is 14.3. The fourth-order valence-electron chi connectivity index (χ4n) is 1.42. The third-order valence-corrected chi connectivity index (χ3v) is 3.35. The maximum atomic E-state index is 9.29. The number of benzene rings is 1. The SMILES string of the molecule is COc1ccc(CN(C)C(C)(C)CO)cc1Cl.